The summed E-state index contributed by atoms with van der Waals surface area (Å²) in [5.41, 5.74) is 0. The lowest BCUT2D eigenvalue weighted by molar-refractivity contribution is -0.870. The normalized spacial score (nSPS) is 14.0. The number of esters is 2. The zero-order valence-electron chi connectivity index (χ0n) is 41.7. The molecule has 0 saturated carbocycles. The van der Waals surface area contributed by atoms with Crippen LogP contribution in [0.15, 0.2) is 72.9 Å². The minimum absolute atomic E-state index is 0.0410. The summed E-state index contributed by atoms with van der Waals surface area (Å²) in [6, 6.07) is 0. The Hall–Kier alpha value is -2.55. The number of hydrogen-bond acceptors (Lipinski definition) is 8. The third-order valence-corrected chi connectivity index (χ3v) is 11.7. The average molecular weight is 918 g/mol. The maximum Gasteiger partial charge on any atom is 0.306 e. The smallest absolute Gasteiger partial charge is 0.306 e. The summed E-state index contributed by atoms with van der Waals surface area (Å²) in [5, 5.41) is 0. The first kappa shape index (κ1) is 61.5. The molecule has 0 aliphatic heterocycles. The molecule has 0 aliphatic rings. The molecule has 0 bridgehead atoms. The molecule has 0 aliphatic carbocycles. The van der Waals surface area contributed by atoms with Gasteiger partial charge in [-0.05, 0) is 83.5 Å². The van der Waals surface area contributed by atoms with Crippen LogP contribution in [-0.4, -0.2) is 70.0 Å². The fraction of sp³-hybridized carbons (Fsp3) is 0.741. The SMILES string of the molecule is CC/C=C\C/C=C\C/C=C\C/C=C\C/C=C\CCCCCC(=O)OC(COC(=O)CCCCCCCCCCC/C=C\CCCCCCCCCC)COP(=O)([O-])OCC[N+](C)(C)C. The number of quaternary nitrogens is 1. The van der Waals surface area contributed by atoms with E-state index in [4.69, 9.17) is 18.5 Å². The van der Waals surface area contributed by atoms with Crippen LogP contribution in [0.1, 0.15) is 206 Å². The second kappa shape index (κ2) is 45.6. The molecule has 0 spiro atoms. The molecule has 0 amide bonds. The molecule has 0 N–H and O–H groups in total. The van der Waals surface area contributed by atoms with Gasteiger partial charge in [0, 0.05) is 12.8 Å². The van der Waals surface area contributed by atoms with Crippen molar-refractivity contribution in [2.75, 3.05) is 47.5 Å². The quantitative estimate of drug-likeness (QED) is 0.0195. The molecule has 0 aromatic heterocycles. The average Bonchev–Trinajstić information content (AvgIpc) is 3.25. The molecular weight excluding hydrogens is 822 g/mol. The van der Waals surface area contributed by atoms with E-state index in [-0.39, 0.29) is 26.1 Å². The van der Waals surface area contributed by atoms with E-state index in [0.29, 0.717) is 17.4 Å². The largest absolute Gasteiger partial charge is 0.756 e. The van der Waals surface area contributed by atoms with E-state index in [1.165, 1.54) is 103 Å². The summed E-state index contributed by atoms with van der Waals surface area (Å²) in [5.74, 6) is -0.875. The van der Waals surface area contributed by atoms with Crippen LogP contribution in [0.4, 0.5) is 0 Å². The van der Waals surface area contributed by atoms with Crippen molar-refractivity contribution < 1.29 is 42.1 Å². The van der Waals surface area contributed by atoms with Gasteiger partial charge in [0.1, 0.15) is 19.8 Å². The number of nitrogens with zero attached hydrogens (tertiary/aromatic N) is 1. The van der Waals surface area contributed by atoms with Crippen LogP contribution in [0.3, 0.4) is 0 Å². The molecule has 0 aromatic rings. The molecule has 10 heteroatoms. The van der Waals surface area contributed by atoms with Gasteiger partial charge in [-0.2, -0.15) is 0 Å². The number of carbonyl (C=O) groups excluding carboxylic acids is 2. The summed E-state index contributed by atoms with van der Waals surface area (Å²) in [6.45, 7) is 4.08. The van der Waals surface area contributed by atoms with E-state index in [1.807, 2.05) is 21.1 Å². The van der Waals surface area contributed by atoms with E-state index < -0.39 is 32.5 Å². The number of unbranched alkanes of at least 4 members (excludes halogenated alkanes) is 20. The number of ether oxygens (including phenoxy) is 2. The first-order valence-electron chi connectivity index (χ1n) is 25.6. The van der Waals surface area contributed by atoms with Crippen LogP contribution in [0.25, 0.3) is 0 Å². The zero-order valence-corrected chi connectivity index (χ0v) is 42.6. The Kier molecular flexibility index (Phi) is 43.8. The fourth-order valence-corrected chi connectivity index (χ4v) is 7.46. The van der Waals surface area contributed by atoms with Crippen LogP contribution in [0, 0.1) is 0 Å². The van der Waals surface area contributed by atoms with E-state index in [0.717, 1.165) is 70.6 Å². The molecule has 0 rings (SSSR count). The summed E-state index contributed by atoms with van der Waals surface area (Å²) in [4.78, 5) is 37.7. The Morgan fingerprint density at radius 3 is 1.36 bits per heavy atom. The molecule has 0 radical (unpaired) electrons. The molecule has 2 atom stereocenters. The van der Waals surface area contributed by atoms with Crippen molar-refractivity contribution >= 4 is 19.8 Å². The predicted octanol–water partition coefficient (Wildman–Crippen LogP) is 14.7. The van der Waals surface area contributed by atoms with Gasteiger partial charge >= 0.3 is 11.9 Å². The topological polar surface area (TPSA) is 111 Å². The number of allylic oxidation sites excluding steroid dienone is 12. The maximum atomic E-state index is 12.7. The monoisotopic (exact) mass is 918 g/mol. The number of hydrogen-bond donors (Lipinski definition) is 0. The molecule has 0 saturated heterocycles. The molecular formula is C54H96NO8P. The Morgan fingerprint density at radius 2 is 0.891 bits per heavy atom. The number of carbonyl (C=O) groups is 2. The lowest BCUT2D eigenvalue weighted by Crippen LogP contribution is -2.37. The highest BCUT2D eigenvalue weighted by molar-refractivity contribution is 7.45. The van der Waals surface area contributed by atoms with Crippen LogP contribution in [-0.2, 0) is 32.7 Å². The van der Waals surface area contributed by atoms with Crippen molar-refractivity contribution in [1.29, 1.82) is 0 Å². The molecule has 0 fully saturated rings. The zero-order chi connectivity index (χ0) is 47.1. The van der Waals surface area contributed by atoms with Gasteiger partial charge in [-0.1, -0.05) is 183 Å². The molecule has 0 heterocycles. The second-order valence-corrected chi connectivity index (χ2v) is 19.6. The van der Waals surface area contributed by atoms with Crippen molar-refractivity contribution in [3.63, 3.8) is 0 Å². The van der Waals surface area contributed by atoms with Crippen molar-refractivity contribution in [1.82, 2.24) is 0 Å². The number of rotatable bonds is 46. The molecule has 2 unspecified atom stereocenters. The summed E-state index contributed by atoms with van der Waals surface area (Å²) in [7, 11) is 1.13. The van der Waals surface area contributed by atoms with Crippen molar-refractivity contribution in [3.8, 4) is 0 Å². The number of likely N-dealkylation sites (N-methyl/N-ethyl adjacent to an activating group) is 1. The third kappa shape index (κ3) is 48.9. The predicted molar refractivity (Wildman–Crippen MR) is 268 cm³/mol. The Bertz CT molecular complexity index is 1310. The highest BCUT2D eigenvalue weighted by atomic mass is 31.2. The summed E-state index contributed by atoms with van der Waals surface area (Å²) in [6.07, 6.45) is 57.9. The maximum absolute atomic E-state index is 12.7. The number of phosphoric acid groups is 1. The van der Waals surface area contributed by atoms with Gasteiger partial charge in [-0.15, -0.1) is 0 Å². The van der Waals surface area contributed by atoms with E-state index >= 15 is 0 Å². The van der Waals surface area contributed by atoms with Gasteiger partial charge in [-0.3, -0.25) is 14.2 Å². The molecule has 0 aromatic carbocycles. The van der Waals surface area contributed by atoms with Crippen molar-refractivity contribution in [3.05, 3.63) is 72.9 Å². The first-order chi connectivity index (χ1) is 31.0. The Labute approximate surface area is 393 Å². The summed E-state index contributed by atoms with van der Waals surface area (Å²) < 4.78 is 34.0. The lowest BCUT2D eigenvalue weighted by Gasteiger charge is -2.28. The first-order valence-corrected chi connectivity index (χ1v) is 27.1. The minimum Gasteiger partial charge on any atom is -0.756 e. The van der Waals surface area contributed by atoms with Gasteiger partial charge in [0.05, 0.1) is 27.7 Å². The van der Waals surface area contributed by atoms with Gasteiger partial charge in [0.25, 0.3) is 7.82 Å². The Morgan fingerprint density at radius 1 is 0.500 bits per heavy atom. The van der Waals surface area contributed by atoms with Crippen LogP contribution >= 0.6 is 7.82 Å². The highest BCUT2D eigenvalue weighted by Gasteiger charge is 2.21. The van der Waals surface area contributed by atoms with Crippen molar-refractivity contribution in [2.24, 2.45) is 0 Å². The summed E-state index contributed by atoms with van der Waals surface area (Å²) >= 11 is 0. The second-order valence-electron chi connectivity index (χ2n) is 18.1. The van der Waals surface area contributed by atoms with Gasteiger partial charge < -0.3 is 27.9 Å². The molecule has 64 heavy (non-hydrogen) atoms. The standard InChI is InChI=1S/C54H96NO8P/c1-6-8-10-12-14-16-18-20-22-24-26-27-29-30-32-34-36-38-40-42-44-46-53(56)60-50-52(51-62-64(58,59)61-49-48-55(3,4)5)63-54(57)47-45-43-41-39-37-35-33-31-28-25-23-21-19-17-15-13-11-9-7-2/h9,11,15,17,21,23-24,26,28,31,35,37,52H,6-8,10,12-14,16,18-20,22,25,27,29-30,32-34,36,38-51H2,1-5H3/b11-9-,17-15-,23-21-,26-24-,31-28-,37-35-. The molecule has 9 nitrogen and oxygen atoms in total. The molecule has 370 valence electrons. The van der Waals surface area contributed by atoms with Crippen LogP contribution in [0.5, 0.6) is 0 Å². The van der Waals surface area contributed by atoms with Crippen molar-refractivity contribution in [2.45, 2.75) is 213 Å². The minimum atomic E-state index is -4.64. The Balaban J connectivity index is 4.32. The van der Waals surface area contributed by atoms with Gasteiger partial charge in [0.2, 0.25) is 0 Å². The van der Waals surface area contributed by atoms with E-state index in [1.54, 1.807) is 0 Å². The van der Waals surface area contributed by atoms with Gasteiger partial charge in [-0.25, -0.2) is 0 Å². The number of phosphoric ester groups is 1. The van der Waals surface area contributed by atoms with Crippen LogP contribution in [0.2, 0.25) is 0 Å². The third-order valence-electron chi connectivity index (χ3n) is 10.7. The fourth-order valence-electron chi connectivity index (χ4n) is 6.73. The van der Waals surface area contributed by atoms with Gasteiger partial charge in [0.15, 0.2) is 6.10 Å². The lowest BCUT2D eigenvalue weighted by atomic mass is 10.1. The van der Waals surface area contributed by atoms with Crippen LogP contribution < -0.4 is 4.89 Å². The highest BCUT2D eigenvalue weighted by Crippen LogP contribution is 2.38. The van der Waals surface area contributed by atoms with E-state index in [2.05, 4.69) is 86.8 Å². The van der Waals surface area contributed by atoms with E-state index in [9.17, 15) is 19.0 Å².